The van der Waals surface area contributed by atoms with Crippen molar-refractivity contribution in [1.29, 1.82) is 0 Å². The minimum Gasteiger partial charge on any atom is -0.288 e. The van der Waals surface area contributed by atoms with E-state index in [9.17, 15) is 0 Å². The van der Waals surface area contributed by atoms with Gasteiger partial charge in [-0.2, -0.15) is 5.10 Å². The van der Waals surface area contributed by atoms with E-state index in [0.717, 1.165) is 16.6 Å². The van der Waals surface area contributed by atoms with Crippen molar-refractivity contribution in [3.63, 3.8) is 0 Å². The SMILES string of the molecule is CC(N(C)C)n1ncc2cc(-n3cnnc3)ccc21.Cl.Cl. The van der Waals surface area contributed by atoms with Crippen LogP contribution >= 0.6 is 24.8 Å². The number of hydrogen-bond acceptors (Lipinski definition) is 4. The van der Waals surface area contributed by atoms with Gasteiger partial charge < -0.3 is 0 Å². The van der Waals surface area contributed by atoms with E-state index in [1.54, 1.807) is 12.7 Å². The first-order chi connectivity index (χ1) is 9.16. The van der Waals surface area contributed by atoms with Crippen LogP contribution in [0.3, 0.4) is 0 Å². The van der Waals surface area contributed by atoms with Crippen molar-refractivity contribution in [2.24, 2.45) is 0 Å². The Balaban J connectivity index is 0.00000110. The molecule has 0 radical (unpaired) electrons. The highest BCUT2D eigenvalue weighted by molar-refractivity contribution is 5.85. The molecule has 0 aliphatic heterocycles. The fourth-order valence-corrected chi connectivity index (χ4v) is 2.05. The van der Waals surface area contributed by atoms with Crippen LogP contribution in [0.5, 0.6) is 0 Å². The molecule has 0 bridgehead atoms. The summed E-state index contributed by atoms with van der Waals surface area (Å²) in [4.78, 5) is 2.13. The van der Waals surface area contributed by atoms with E-state index in [2.05, 4.69) is 39.3 Å². The normalized spacial score (nSPS) is 12.0. The van der Waals surface area contributed by atoms with Gasteiger partial charge in [0.2, 0.25) is 0 Å². The molecular weight excluding hydrogens is 311 g/mol. The standard InChI is InChI=1S/C13H16N6.2ClH/c1-10(17(2)3)19-13-5-4-12(6-11(13)7-16-19)18-8-14-15-9-18;;/h4-10H,1-3H3;2*1H. The van der Waals surface area contributed by atoms with Crippen LogP contribution in [0.2, 0.25) is 0 Å². The predicted molar refractivity (Wildman–Crippen MR) is 87.5 cm³/mol. The van der Waals surface area contributed by atoms with E-state index in [1.165, 1.54) is 0 Å². The molecule has 1 atom stereocenters. The first kappa shape index (κ1) is 17.4. The summed E-state index contributed by atoms with van der Waals surface area (Å²) >= 11 is 0. The van der Waals surface area contributed by atoms with Gasteiger partial charge in [-0.1, -0.05) is 0 Å². The third-order valence-corrected chi connectivity index (χ3v) is 3.40. The van der Waals surface area contributed by atoms with Crippen LogP contribution in [-0.2, 0) is 0 Å². The molecule has 0 aliphatic rings. The second kappa shape index (κ2) is 6.89. The van der Waals surface area contributed by atoms with Gasteiger partial charge in [0.25, 0.3) is 0 Å². The fraction of sp³-hybridized carbons (Fsp3) is 0.308. The quantitative estimate of drug-likeness (QED) is 0.741. The number of benzene rings is 1. The van der Waals surface area contributed by atoms with E-state index < -0.39 is 0 Å². The maximum atomic E-state index is 4.47. The van der Waals surface area contributed by atoms with Crippen LogP contribution in [0.1, 0.15) is 13.1 Å². The molecule has 2 heterocycles. The van der Waals surface area contributed by atoms with Gasteiger partial charge in [0.05, 0.1) is 11.7 Å². The molecular formula is C13H18Cl2N6. The molecule has 6 nitrogen and oxygen atoms in total. The fourth-order valence-electron chi connectivity index (χ4n) is 2.05. The van der Waals surface area contributed by atoms with Crippen LogP contribution in [0.25, 0.3) is 16.6 Å². The molecule has 0 spiro atoms. The average molecular weight is 329 g/mol. The monoisotopic (exact) mass is 328 g/mol. The van der Waals surface area contributed by atoms with Crippen LogP contribution < -0.4 is 0 Å². The number of fused-ring (bicyclic) bond motifs is 1. The van der Waals surface area contributed by atoms with Crippen molar-refractivity contribution in [2.45, 2.75) is 13.1 Å². The maximum absolute atomic E-state index is 4.47. The molecule has 3 aromatic rings. The molecule has 1 aromatic carbocycles. The Hall–Kier alpha value is -1.63. The molecule has 0 amide bonds. The highest BCUT2D eigenvalue weighted by Gasteiger charge is 2.11. The maximum Gasteiger partial charge on any atom is 0.123 e. The lowest BCUT2D eigenvalue weighted by Crippen LogP contribution is -2.23. The summed E-state index contributed by atoms with van der Waals surface area (Å²) in [5.74, 6) is 0. The van der Waals surface area contributed by atoms with E-state index in [4.69, 9.17) is 0 Å². The summed E-state index contributed by atoms with van der Waals surface area (Å²) in [5.41, 5.74) is 2.16. The second-order valence-electron chi connectivity index (χ2n) is 4.80. The first-order valence-electron chi connectivity index (χ1n) is 6.15. The molecule has 8 heteroatoms. The molecule has 3 rings (SSSR count). The van der Waals surface area contributed by atoms with Crippen molar-refractivity contribution in [2.75, 3.05) is 14.1 Å². The highest BCUT2D eigenvalue weighted by Crippen LogP contribution is 2.21. The van der Waals surface area contributed by atoms with Crippen LogP contribution in [-0.4, -0.2) is 43.5 Å². The van der Waals surface area contributed by atoms with E-state index in [0.29, 0.717) is 0 Å². The first-order valence-corrected chi connectivity index (χ1v) is 6.15. The Morgan fingerprint density at radius 1 is 1.10 bits per heavy atom. The summed E-state index contributed by atoms with van der Waals surface area (Å²) in [5, 5.41) is 13.2. The smallest absolute Gasteiger partial charge is 0.123 e. The highest BCUT2D eigenvalue weighted by atomic mass is 35.5. The lowest BCUT2D eigenvalue weighted by atomic mass is 10.2. The van der Waals surface area contributed by atoms with Gasteiger partial charge in [0.15, 0.2) is 0 Å². The third kappa shape index (κ3) is 3.18. The Morgan fingerprint density at radius 2 is 1.76 bits per heavy atom. The molecule has 0 aliphatic carbocycles. The van der Waals surface area contributed by atoms with E-state index in [-0.39, 0.29) is 31.0 Å². The summed E-state index contributed by atoms with van der Waals surface area (Å²) in [7, 11) is 4.09. The summed E-state index contributed by atoms with van der Waals surface area (Å²) in [6.45, 7) is 2.13. The van der Waals surface area contributed by atoms with Crippen molar-refractivity contribution in [3.8, 4) is 5.69 Å². The predicted octanol–water partition coefficient (Wildman–Crippen LogP) is 2.54. The third-order valence-electron chi connectivity index (χ3n) is 3.40. The molecule has 0 N–H and O–H groups in total. The van der Waals surface area contributed by atoms with Crippen molar-refractivity contribution >= 4 is 35.7 Å². The van der Waals surface area contributed by atoms with Crippen molar-refractivity contribution in [1.82, 2.24) is 29.4 Å². The molecule has 1 unspecified atom stereocenters. The van der Waals surface area contributed by atoms with Gasteiger partial charge in [-0.25, -0.2) is 4.68 Å². The van der Waals surface area contributed by atoms with Gasteiger partial charge in [0.1, 0.15) is 18.8 Å². The van der Waals surface area contributed by atoms with Crippen molar-refractivity contribution < 1.29 is 0 Å². The zero-order valence-corrected chi connectivity index (χ0v) is 13.7. The van der Waals surface area contributed by atoms with Gasteiger partial charge in [0, 0.05) is 11.1 Å². The topological polar surface area (TPSA) is 51.8 Å². The Kier molecular flexibility index (Phi) is 5.71. The molecule has 21 heavy (non-hydrogen) atoms. The van der Waals surface area contributed by atoms with Crippen LogP contribution in [0, 0.1) is 0 Å². The Labute approximate surface area is 135 Å². The van der Waals surface area contributed by atoms with Gasteiger partial charge >= 0.3 is 0 Å². The molecule has 0 fully saturated rings. The Morgan fingerprint density at radius 3 is 2.38 bits per heavy atom. The van der Waals surface area contributed by atoms with E-state index >= 15 is 0 Å². The largest absolute Gasteiger partial charge is 0.288 e. The number of hydrogen-bond donors (Lipinski definition) is 0. The molecule has 0 saturated heterocycles. The van der Waals surface area contributed by atoms with Gasteiger partial charge in [-0.3, -0.25) is 9.47 Å². The van der Waals surface area contributed by atoms with Crippen molar-refractivity contribution in [3.05, 3.63) is 37.1 Å². The number of halogens is 2. The number of nitrogens with zero attached hydrogens (tertiary/aromatic N) is 6. The van der Waals surface area contributed by atoms with Gasteiger partial charge in [-0.15, -0.1) is 35.0 Å². The summed E-state index contributed by atoms with van der Waals surface area (Å²) in [6, 6.07) is 6.22. The Bertz CT molecular complexity index is 692. The summed E-state index contributed by atoms with van der Waals surface area (Å²) in [6.07, 6.45) is 5.49. The van der Waals surface area contributed by atoms with Crippen LogP contribution in [0.4, 0.5) is 0 Å². The van der Waals surface area contributed by atoms with E-state index in [1.807, 2.05) is 35.6 Å². The minimum absolute atomic E-state index is 0. The lowest BCUT2D eigenvalue weighted by Gasteiger charge is -2.20. The molecule has 2 aromatic heterocycles. The molecule has 114 valence electrons. The number of rotatable bonds is 3. The minimum atomic E-state index is 0. The second-order valence-corrected chi connectivity index (χ2v) is 4.80. The lowest BCUT2D eigenvalue weighted by molar-refractivity contribution is 0.226. The van der Waals surface area contributed by atoms with Crippen LogP contribution in [0.15, 0.2) is 37.1 Å². The summed E-state index contributed by atoms with van der Waals surface area (Å²) < 4.78 is 3.90. The van der Waals surface area contributed by atoms with Gasteiger partial charge in [-0.05, 0) is 39.2 Å². The zero-order chi connectivity index (χ0) is 13.4. The average Bonchev–Trinajstić information content (AvgIpc) is 3.06. The zero-order valence-electron chi connectivity index (χ0n) is 12.0. The number of aromatic nitrogens is 5. The molecule has 0 saturated carbocycles.